The van der Waals surface area contributed by atoms with E-state index in [4.69, 9.17) is 9.98 Å². The van der Waals surface area contributed by atoms with Crippen molar-refractivity contribution in [1.29, 1.82) is 0 Å². The number of benzene rings is 2. The molecule has 4 nitrogen and oxygen atoms in total. The van der Waals surface area contributed by atoms with E-state index in [2.05, 4.69) is 54.5 Å². The van der Waals surface area contributed by atoms with Crippen molar-refractivity contribution in [3.63, 3.8) is 0 Å². The molecule has 1 saturated carbocycles. The summed E-state index contributed by atoms with van der Waals surface area (Å²) in [5, 5.41) is 7.31. The number of aliphatic imine (C=N–C) groups is 2. The summed E-state index contributed by atoms with van der Waals surface area (Å²) in [6.07, 6.45) is 11.7. The van der Waals surface area contributed by atoms with Gasteiger partial charge in [-0.2, -0.15) is 0 Å². The van der Waals surface area contributed by atoms with Crippen molar-refractivity contribution in [3.8, 4) is 11.1 Å². The van der Waals surface area contributed by atoms with Crippen molar-refractivity contribution in [1.82, 2.24) is 10.6 Å². The Morgan fingerprint density at radius 2 is 1.83 bits per heavy atom. The van der Waals surface area contributed by atoms with Gasteiger partial charge in [-0.3, -0.25) is 9.98 Å². The molecule has 2 aliphatic heterocycles. The van der Waals surface area contributed by atoms with Crippen molar-refractivity contribution < 1.29 is 4.39 Å². The molecule has 0 spiro atoms. The first-order valence-electron chi connectivity index (χ1n) is 13.1. The summed E-state index contributed by atoms with van der Waals surface area (Å²) >= 11 is 0. The van der Waals surface area contributed by atoms with Gasteiger partial charge >= 0.3 is 0 Å². The summed E-state index contributed by atoms with van der Waals surface area (Å²) in [6.45, 7) is 8.46. The molecule has 186 valence electrons. The Hall–Kier alpha value is -3.47. The molecule has 5 heteroatoms. The van der Waals surface area contributed by atoms with Gasteiger partial charge in [-0.1, -0.05) is 36.9 Å². The largest absolute Gasteiger partial charge is 0.369 e. The topological polar surface area (TPSA) is 48.8 Å². The number of allylic oxidation sites excluding steroid dienone is 3. The molecule has 5 rings (SSSR count). The first-order valence-corrected chi connectivity index (χ1v) is 13.1. The number of fused-ring (bicyclic) bond motifs is 1. The third-order valence-electron chi connectivity index (χ3n) is 6.99. The molecule has 1 atom stereocenters. The summed E-state index contributed by atoms with van der Waals surface area (Å²) in [4.78, 5) is 10.1. The number of nitrogens with one attached hydrogen (secondary N) is 2. The zero-order valence-corrected chi connectivity index (χ0v) is 21.3. The maximum atomic E-state index is 13.6. The van der Waals surface area contributed by atoms with Crippen LogP contribution in [0.3, 0.4) is 0 Å². The van der Waals surface area contributed by atoms with Crippen LogP contribution in [0.5, 0.6) is 0 Å². The molecule has 1 unspecified atom stereocenters. The highest BCUT2D eigenvalue weighted by molar-refractivity contribution is 6.08. The quantitative estimate of drug-likeness (QED) is 0.490. The van der Waals surface area contributed by atoms with Gasteiger partial charge in [0.25, 0.3) is 0 Å². The molecule has 0 radical (unpaired) electrons. The average Bonchev–Trinajstić information content (AvgIpc) is 3.69. The summed E-state index contributed by atoms with van der Waals surface area (Å²) in [7, 11) is 0. The molecule has 36 heavy (non-hydrogen) atoms. The molecule has 2 aromatic rings. The normalized spacial score (nSPS) is 21.9. The average molecular weight is 483 g/mol. The Kier molecular flexibility index (Phi) is 7.17. The highest BCUT2D eigenvalue weighted by atomic mass is 19.1. The molecule has 0 bridgehead atoms. The van der Waals surface area contributed by atoms with E-state index < -0.39 is 0 Å². The van der Waals surface area contributed by atoms with Crippen molar-refractivity contribution in [2.75, 3.05) is 0 Å². The van der Waals surface area contributed by atoms with E-state index in [1.54, 1.807) is 0 Å². The number of hydrogen-bond donors (Lipinski definition) is 2. The van der Waals surface area contributed by atoms with Gasteiger partial charge in [0.1, 0.15) is 17.5 Å². The summed E-state index contributed by atoms with van der Waals surface area (Å²) in [6, 6.07) is 13.6. The molecule has 0 saturated heterocycles. The minimum Gasteiger partial charge on any atom is -0.369 e. The zero-order valence-electron chi connectivity index (χ0n) is 21.3. The second-order valence-corrected chi connectivity index (χ2v) is 10.1. The van der Waals surface area contributed by atoms with Crippen LogP contribution in [-0.4, -0.2) is 23.6 Å². The lowest BCUT2D eigenvalue weighted by Gasteiger charge is -2.20. The Balaban J connectivity index is 1.58. The predicted molar refractivity (Wildman–Crippen MR) is 148 cm³/mol. The van der Waals surface area contributed by atoms with E-state index in [-0.39, 0.29) is 11.9 Å². The van der Waals surface area contributed by atoms with Gasteiger partial charge in [0.05, 0.1) is 11.8 Å². The fourth-order valence-corrected chi connectivity index (χ4v) is 4.81. The van der Waals surface area contributed by atoms with Crippen LogP contribution in [0.4, 0.5) is 4.39 Å². The molecule has 0 amide bonds. The molecular weight excluding hydrogens is 447 g/mol. The molecule has 1 aliphatic carbocycles. The third kappa shape index (κ3) is 5.84. The minimum atomic E-state index is -0.228. The van der Waals surface area contributed by atoms with Crippen molar-refractivity contribution in [2.24, 2.45) is 9.98 Å². The summed E-state index contributed by atoms with van der Waals surface area (Å²) in [5.41, 5.74) is 7.40. The van der Waals surface area contributed by atoms with E-state index in [1.165, 1.54) is 30.5 Å². The van der Waals surface area contributed by atoms with E-state index in [9.17, 15) is 4.39 Å². The maximum absolute atomic E-state index is 13.6. The maximum Gasteiger partial charge on any atom is 0.134 e. The monoisotopic (exact) mass is 482 g/mol. The van der Waals surface area contributed by atoms with Crippen LogP contribution >= 0.6 is 0 Å². The third-order valence-corrected chi connectivity index (χ3v) is 6.99. The van der Waals surface area contributed by atoms with Crippen molar-refractivity contribution in [2.45, 2.75) is 70.9 Å². The van der Waals surface area contributed by atoms with Gasteiger partial charge in [-0.25, -0.2) is 4.39 Å². The standard InChI is InChI=1S/C31H35FN4/c1-20-7-6-8-21(2)33-30(20)22(3)34-31-28-19-25(23-13-15-26(32)16-14-23)12-11-24(28)9-4-5-10-29(36-31)35-27-17-18-27/h8,10-16,19,22,27,35H,1,4-7,9,17-18H2,2-3H3,(H,34,36)/b29-10+. The number of nitrogens with zero attached hydrogens (tertiary/aromatic N) is 2. The van der Waals surface area contributed by atoms with Crippen LogP contribution in [0.25, 0.3) is 11.1 Å². The van der Waals surface area contributed by atoms with Gasteiger partial charge in [-0.05, 0) is 105 Å². The molecule has 2 aromatic carbocycles. The van der Waals surface area contributed by atoms with Crippen LogP contribution < -0.4 is 10.6 Å². The molecular formula is C31H35FN4. The van der Waals surface area contributed by atoms with Crippen LogP contribution in [0.2, 0.25) is 0 Å². The summed E-state index contributed by atoms with van der Waals surface area (Å²) < 4.78 is 13.6. The van der Waals surface area contributed by atoms with Crippen LogP contribution in [0.15, 0.2) is 88.3 Å². The highest BCUT2D eigenvalue weighted by Crippen LogP contribution is 2.27. The van der Waals surface area contributed by atoms with Gasteiger partial charge in [-0.15, -0.1) is 0 Å². The molecule has 2 N–H and O–H groups in total. The lowest BCUT2D eigenvalue weighted by atomic mass is 9.95. The van der Waals surface area contributed by atoms with Gasteiger partial charge in [0, 0.05) is 17.3 Å². The van der Waals surface area contributed by atoms with E-state index in [0.29, 0.717) is 6.04 Å². The van der Waals surface area contributed by atoms with Crippen molar-refractivity contribution >= 4 is 11.5 Å². The molecule has 2 heterocycles. The smallest absolute Gasteiger partial charge is 0.134 e. The van der Waals surface area contributed by atoms with E-state index in [0.717, 1.165) is 77.4 Å². The minimum absolute atomic E-state index is 0.147. The van der Waals surface area contributed by atoms with E-state index in [1.807, 2.05) is 19.1 Å². The fourth-order valence-electron chi connectivity index (χ4n) is 4.81. The summed E-state index contributed by atoms with van der Waals surface area (Å²) in [5.74, 6) is 1.64. The number of aryl methyl sites for hydroxylation is 1. The second kappa shape index (κ2) is 10.7. The predicted octanol–water partition coefficient (Wildman–Crippen LogP) is 6.84. The van der Waals surface area contributed by atoms with Gasteiger partial charge in [0.2, 0.25) is 0 Å². The molecule has 3 aliphatic rings. The van der Waals surface area contributed by atoms with Gasteiger partial charge in [0.15, 0.2) is 0 Å². The van der Waals surface area contributed by atoms with Gasteiger partial charge < -0.3 is 10.6 Å². The molecule has 1 fully saturated rings. The first-order chi connectivity index (χ1) is 17.5. The molecule has 0 aromatic heterocycles. The van der Waals surface area contributed by atoms with Crippen LogP contribution in [0.1, 0.15) is 63.5 Å². The van der Waals surface area contributed by atoms with Crippen LogP contribution in [0, 0.1) is 5.82 Å². The second-order valence-electron chi connectivity index (χ2n) is 10.1. The first kappa shape index (κ1) is 24.2. The Morgan fingerprint density at radius 1 is 1.06 bits per heavy atom. The lowest BCUT2D eigenvalue weighted by Crippen LogP contribution is -2.35. The van der Waals surface area contributed by atoms with Crippen LogP contribution in [-0.2, 0) is 6.42 Å². The Morgan fingerprint density at radius 3 is 2.61 bits per heavy atom. The Bertz CT molecular complexity index is 1260. The SMILES string of the molecule is C=C1CCC=C(C)N=C1C(C)N=C1N/C(NC2CC2)=C/CCCc2ccc(-c3ccc(F)cc3)cc21. The lowest BCUT2D eigenvalue weighted by molar-refractivity contribution is 0.628. The zero-order chi connectivity index (χ0) is 25.1. The highest BCUT2D eigenvalue weighted by Gasteiger charge is 2.24. The number of rotatable bonds is 5. The van der Waals surface area contributed by atoms with E-state index >= 15 is 0 Å². The van der Waals surface area contributed by atoms with Crippen molar-refractivity contribution in [3.05, 3.63) is 95.2 Å². The number of halogens is 1. The Labute approximate surface area is 213 Å². The number of hydrogen-bond acceptors (Lipinski definition) is 3. The fraction of sp³-hybridized carbons (Fsp3) is 0.355. The number of amidine groups is 1.